The van der Waals surface area contributed by atoms with Crippen LogP contribution in [0.2, 0.25) is 0 Å². The molecular weight excluding hydrogens is 340 g/mol. The van der Waals surface area contributed by atoms with Crippen molar-refractivity contribution in [1.82, 2.24) is 10.2 Å². The monoisotopic (exact) mass is 367 g/mol. The van der Waals surface area contributed by atoms with Gasteiger partial charge in [0.25, 0.3) is 0 Å². The highest BCUT2D eigenvalue weighted by Crippen LogP contribution is 2.23. The number of benzene rings is 1. The maximum absolute atomic E-state index is 13.6. The topological polar surface area (TPSA) is 61.4 Å². The molecule has 2 amide bonds. The van der Waals surface area contributed by atoms with Gasteiger partial charge >= 0.3 is 0 Å². The van der Waals surface area contributed by atoms with E-state index in [1.165, 1.54) is 11.0 Å². The van der Waals surface area contributed by atoms with Crippen LogP contribution in [0.25, 0.3) is 0 Å². The van der Waals surface area contributed by atoms with Crippen molar-refractivity contribution in [2.45, 2.75) is 33.1 Å². The number of nitrogens with zero attached hydrogens (tertiary/aromatic N) is 1. The third kappa shape index (κ3) is 5.49. The molecule has 26 heavy (non-hydrogen) atoms. The lowest BCUT2D eigenvalue weighted by molar-refractivity contribution is -0.135. The molecule has 1 heterocycles. The molecule has 0 aromatic heterocycles. The molecule has 1 aromatic carbocycles. The Morgan fingerprint density at radius 3 is 2.62 bits per heavy atom. The molecule has 0 radical (unpaired) electrons. The summed E-state index contributed by atoms with van der Waals surface area (Å²) >= 11 is 0. The Kier molecular flexibility index (Phi) is 7.50. The first kappa shape index (κ1) is 20.3. The largest absolute Gasteiger partial charge is 0.334 e. The molecule has 0 spiro atoms. The fraction of sp³-hybridized carbons (Fsp3) is 0.579. The third-order valence-corrected chi connectivity index (χ3v) is 4.93. The second kappa shape index (κ2) is 9.62. The third-order valence-electron chi connectivity index (χ3n) is 4.93. The SMILES string of the molecule is CCN(CC(=O)Nc1c(F)cccc1F)C(=O)CC(C)C1CCCNC1. The normalized spacial score (nSPS) is 18.2. The van der Waals surface area contributed by atoms with E-state index in [1.807, 2.05) is 0 Å². The molecule has 144 valence electrons. The van der Waals surface area contributed by atoms with E-state index in [-0.39, 0.29) is 18.4 Å². The number of carbonyl (C=O) groups excluding carboxylic acids is 2. The Morgan fingerprint density at radius 1 is 1.35 bits per heavy atom. The van der Waals surface area contributed by atoms with Gasteiger partial charge in [-0.05, 0) is 56.8 Å². The number of likely N-dealkylation sites (N-methyl/N-ethyl adjacent to an activating group) is 1. The van der Waals surface area contributed by atoms with Gasteiger partial charge in [0.1, 0.15) is 17.3 Å². The summed E-state index contributed by atoms with van der Waals surface area (Å²) < 4.78 is 27.3. The van der Waals surface area contributed by atoms with Gasteiger partial charge in [0.05, 0.1) is 6.54 Å². The van der Waals surface area contributed by atoms with Gasteiger partial charge in [-0.2, -0.15) is 0 Å². The minimum Gasteiger partial charge on any atom is -0.334 e. The van der Waals surface area contributed by atoms with Crippen LogP contribution in [0.1, 0.15) is 33.1 Å². The molecule has 1 aliphatic heterocycles. The summed E-state index contributed by atoms with van der Waals surface area (Å²) in [6.07, 6.45) is 2.57. The average molecular weight is 367 g/mol. The van der Waals surface area contributed by atoms with Gasteiger partial charge in [-0.25, -0.2) is 8.78 Å². The molecule has 0 bridgehead atoms. The van der Waals surface area contributed by atoms with E-state index in [1.54, 1.807) is 6.92 Å². The molecule has 2 atom stereocenters. The Labute approximate surface area is 153 Å². The number of anilines is 1. The molecule has 0 aliphatic carbocycles. The Balaban J connectivity index is 1.90. The van der Waals surface area contributed by atoms with Crippen LogP contribution in [0.15, 0.2) is 18.2 Å². The van der Waals surface area contributed by atoms with Gasteiger partial charge < -0.3 is 15.5 Å². The molecule has 1 aliphatic rings. The Bertz CT molecular complexity index is 613. The van der Waals surface area contributed by atoms with Crippen LogP contribution >= 0.6 is 0 Å². The van der Waals surface area contributed by atoms with Gasteiger partial charge in [0, 0.05) is 13.0 Å². The Hall–Kier alpha value is -2.02. The van der Waals surface area contributed by atoms with Crippen molar-refractivity contribution in [1.29, 1.82) is 0 Å². The van der Waals surface area contributed by atoms with Crippen LogP contribution in [0.4, 0.5) is 14.5 Å². The fourth-order valence-electron chi connectivity index (χ4n) is 3.28. The highest BCUT2D eigenvalue weighted by atomic mass is 19.1. The minimum absolute atomic E-state index is 0.116. The second-order valence-electron chi connectivity index (χ2n) is 6.84. The van der Waals surface area contributed by atoms with E-state index in [2.05, 4.69) is 17.6 Å². The maximum atomic E-state index is 13.6. The molecule has 1 aromatic rings. The molecule has 1 saturated heterocycles. The van der Waals surface area contributed by atoms with Gasteiger partial charge in [0.2, 0.25) is 11.8 Å². The summed E-state index contributed by atoms with van der Waals surface area (Å²) in [5.74, 6) is -1.74. The number of rotatable bonds is 7. The first-order valence-electron chi connectivity index (χ1n) is 9.14. The van der Waals surface area contributed by atoms with E-state index in [4.69, 9.17) is 0 Å². The van der Waals surface area contributed by atoms with Crippen molar-refractivity contribution >= 4 is 17.5 Å². The van der Waals surface area contributed by atoms with Gasteiger partial charge in [-0.1, -0.05) is 13.0 Å². The zero-order chi connectivity index (χ0) is 19.1. The molecule has 7 heteroatoms. The van der Waals surface area contributed by atoms with E-state index in [9.17, 15) is 18.4 Å². The number of amides is 2. The lowest BCUT2D eigenvalue weighted by Gasteiger charge is -2.29. The van der Waals surface area contributed by atoms with E-state index >= 15 is 0 Å². The summed E-state index contributed by atoms with van der Waals surface area (Å²) in [5.41, 5.74) is -0.484. The van der Waals surface area contributed by atoms with Crippen molar-refractivity contribution < 1.29 is 18.4 Å². The number of nitrogens with one attached hydrogen (secondary N) is 2. The minimum atomic E-state index is -0.842. The molecule has 0 saturated carbocycles. The predicted octanol–water partition coefficient (Wildman–Crippen LogP) is 2.78. The van der Waals surface area contributed by atoms with Crippen LogP contribution in [0.5, 0.6) is 0 Å². The van der Waals surface area contributed by atoms with E-state index < -0.39 is 23.2 Å². The zero-order valence-corrected chi connectivity index (χ0v) is 15.4. The molecule has 2 rings (SSSR count). The average Bonchev–Trinajstić information content (AvgIpc) is 2.63. The molecule has 2 N–H and O–H groups in total. The Morgan fingerprint density at radius 2 is 2.04 bits per heavy atom. The van der Waals surface area contributed by atoms with Crippen molar-refractivity contribution in [2.24, 2.45) is 11.8 Å². The highest BCUT2D eigenvalue weighted by molar-refractivity contribution is 5.94. The van der Waals surface area contributed by atoms with Crippen molar-refractivity contribution in [3.05, 3.63) is 29.8 Å². The smallest absolute Gasteiger partial charge is 0.244 e. The summed E-state index contributed by atoms with van der Waals surface area (Å²) in [7, 11) is 0. The standard InChI is InChI=1S/C19H27F2N3O2/c1-3-24(18(26)10-13(2)14-6-5-9-22-11-14)12-17(25)23-19-15(20)7-4-8-16(19)21/h4,7-8,13-14,22H,3,5-6,9-12H2,1-2H3,(H,23,25). The van der Waals surface area contributed by atoms with Gasteiger partial charge in [-0.15, -0.1) is 0 Å². The fourth-order valence-corrected chi connectivity index (χ4v) is 3.28. The summed E-state index contributed by atoms with van der Waals surface area (Å²) in [4.78, 5) is 26.1. The molecule has 5 nitrogen and oxygen atoms in total. The van der Waals surface area contributed by atoms with E-state index in [0.717, 1.165) is 38.1 Å². The quantitative estimate of drug-likeness (QED) is 0.779. The van der Waals surface area contributed by atoms with Crippen molar-refractivity contribution in [3.63, 3.8) is 0 Å². The second-order valence-corrected chi connectivity index (χ2v) is 6.84. The van der Waals surface area contributed by atoms with Gasteiger partial charge in [0.15, 0.2) is 0 Å². The zero-order valence-electron chi connectivity index (χ0n) is 15.4. The lowest BCUT2D eigenvalue weighted by Crippen LogP contribution is -2.40. The van der Waals surface area contributed by atoms with Crippen LogP contribution in [0.3, 0.4) is 0 Å². The number of hydrogen-bond acceptors (Lipinski definition) is 3. The van der Waals surface area contributed by atoms with Crippen LogP contribution in [-0.4, -0.2) is 42.9 Å². The van der Waals surface area contributed by atoms with Gasteiger partial charge in [-0.3, -0.25) is 9.59 Å². The van der Waals surface area contributed by atoms with Crippen LogP contribution in [-0.2, 0) is 9.59 Å². The van der Waals surface area contributed by atoms with Crippen molar-refractivity contribution in [2.75, 3.05) is 31.5 Å². The molecule has 1 fully saturated rings. The maximum Gasteiger partial charge on any atom is 0.244 e. The first-order chi connectivity index (χ1) is 12.4. The van der Waals surface area contributed by atoms with E-state index in [0.29, 0.717) is 18.9 Å². The number of carbonyl (C=O) groups is 2. The number of piperidine rings is 1. The van der Waals surface area contributed by atoms with Crippen LogP contribution in [0, 0.1) is 23.5 Å². The summed E-state index contributed by atoms with van der Waals surface area (Å²) in [6, 6.07) is 3.37. The summed E-state index contributed by atoms with van der Waals surface area (Å²) in [5, 5.41) is 5.56. The van der Waals surface area contributed by atoms with Crippen molar-refractivity contribution in [3.8, 4) is 0 Å². The summed E-state index contributed by atoms with van der Waals surface area (Å²) in [6.45, 7) is 5.90. The highest BCUT2D eigenvalue weighted by Gasteiger charge is 2.25. The number of hydrogen-bond donors (Lipinski definition) is 2. The lowest BCUT2D eigenvalue weighted by atomic mass is 9.85. The molecule has 2 unspecified atom stereocenters. The van der Waals surface area contributed by atoms with Crippen LogP contribution < -0.4 is 10.6 Å². The number of halogens is 2. The molecular formula is C19H27F2N3O2. The first-order valence-corrected chi connectivity index (χ1v) is 9.14. The number of para-hydroxylation sites is 1. The predicted molar refractivity (Wildman–Crippen MR) is 96.6 cm³/mol.